The third kappa shape index (κ3) is 4.31. The van der Waals surface area contributed by atoms with Crippen LogP contribution in [0.25, 0.3) is 0 Å². The van der Waals surface area contributed by atoms with Crippen LogP contribution in [0.1, 0.15) is 20.3 Å². The molecule has 0 aliphatic carbocycles. The summed E-state index contributed by atoms with van der Waals surface area (Å²) in [6, 6.07) is -0.403. The summed E-state index contributed by atoms with van der Waals surface area (Å²) >= 11 is 1.44. The molecule has 0 spiro atoms. The van der Waals surface area contributed by atoms with Gasteiger partial charge in [0.1, 0.15) is 5.70 Å². The van der Waals surface area contributed by atoms with E-state index in [-0.39, 0.29) is 41.4 Å². The topological polar surface area (TPSA) is 149 Å². The number of nitrogens with zero attached hydrogens (tertiary/aromatic N) is 2. The summed E-state index contributed by atoms with van der Waals surface area (Å²) in [7, 11) is -3.56. The number of thioether (sulfide) groups is 1. The Morgan fingerprint density at radius 2 is 2.06 bits per heavy atom. The van der Waals surface area contributed by atoms with Gasteiger partial charge in [0.15, 0.2) is 0 Å². The number of fused-ring (bicyclic) bond motifs is 1. The first-order chi connectivity index (χ1) is 15.1. The molecular formula is C19H30N4O7S2. The lowest BCUT2D eigenvalue weighted by Crippen LogP contribution is -2.63. The number of rotatable bonds is 8. The van der Waals surface area contributed by atoms with Crippen LogP contribution in [-0.4, -0.2) is 103 Å². The van der Waals surface area contributed by atoms with Gasteiger partial charge in [-0.05, 0) is 13.3 Å². The Kier molecular flexibility index (Phi) is 6.88. The van der Waals surface area contributed by atoms with Crippen molar-refractivity contribution < 1.29 is 33.0 Å². The summed E-state index contributed by atoms with van der Waals surface area (Å²) in [5.41, 5.74) is 0.0193. The lowest BCUT2D eigenvalue weighted by molar-refractivity contribution is -0.163. The highest BCUT2D eigenvalue weighted by Gasteiger charge is 2.60. The Labute approximate surface area is 191 Å². The predicted octanol–water partition coefficient (Wildman–Crippen LogP) is -1.23. The van der Waals surface area contributed by atoms with Crippen molar-refractivity contribution in [1.29, 1.82) is 0 Å². The molecule has 4 heterocycles. The van der Waals surface area contributed by atoms with Crippen molar-refractivity contribution in [1.82, 2.24) is 19.2 Å². The Morgan fingerprint density at radius 1 is 1.38 bits per heavy atom. The van der Waals surface area contributed by atoms with E-state index in [2.05, 4.69) is 10.0 Å². The molecule has 0 aromatic heterocycles. The zero-order chi connectivity index (χ0) is 23.2. The number of carbonyl (C=O) groups is 2. The largest absolute Gasteiger partial charge is 0.477 e. The number of carboxylic acid groups (broad SMARTS) is 1. The van der Waals surface area contributed by atoms with Crippen LogP contribution in [-0.2, 0) is 24.5 Å². The van der Waals surface area contributed by atoms with Crippen molar-refractivity contribution in [3.05, 3.63) is 10.6 Å². The number of hydrogen-bond donors (Lipinski definition) is 4. The molecule has 0 unspecified atom stereocenters. The zero-order valence-electron chi connectivity index (χ0n) is 18.1. The smallest absolute Gasteiger partial charge is 0.353 e. The molecule has 3 fully saturated rings. The molecule has 0 radical (unpaired) electrons. The molecule has 4 N–H and O–H groups in total. The Hall–Kier alpha value is -1.22. The number of carbonyl (C=O) groups excluding carboxylic acids is 1. The monoisotopic (exact) mass is 490 g/mol. The molecule has 1 amide bonds. The molecule has 13 heteroatoms. The molecule has 4 rings (SSSR count). The van der Waals surface area contributed by atoms with Crippen molar-refractivity contribution in [2.24, 2.45) is 11.8 Å². The van der Waals surface area contributed by atoms with Gasteiger partial charge in [0, 0.05) is 48.3 Å². The van der Waals surface area contributed by atoms with Crippen LogP contribution in [0.5, 0.6) is 0 Å². The Bertz CT molecular complexity index is 903. The Balaban J connectivity index is 1.37. The molecule has 0 aromatic rings. The van der Waals surface area contributed by atoms with Gasteiger partial charge in [-0.2, -0.15) is 12.7 Å². The second-order valence-electron chi connectivity index (χ2n) is 8.72. The van der Waals surface area contributed by atoms with Gasteiger partial charge in [-0.1, -0.05) is 6.92 Å². The van der Waals surface area contributed by atoms with Crippen molar-refractivity contribution in [3.63, 3.8) is 0 Å². The minimum absolute atomic E-state index is 0.0193. The number of hydrogen-bond acceptors (Lipinski definition) is 8. The van der Waals surface area contributed by atoms with Crippen LogP contribution in [0.2, 0.25) is 0 Å². The minimum atomic E-state index is -3.56. The molecule has 4 aliphatic heterocycles. The van der Waals surface area contributed by atoms with Gasteiger partial charge in [-0.3, -0.25) is 4.79 Å². The van der Waals surface area contributed by atoms with Crippen molar-refractivity contribution >= 4 is 33.8 Å². The van der Waals surface area contributed by atoms with Crippen LogP contribution in [0.15, 0.2) is 10.6 Å². The fourth-order valence-electron chi connectivity index (χ4n) is 4.97. The summed E-state index contributed by atoms with van der Waals surface area (Å²) in [5.74, 6) is -2.24. The number of aliphatic hydroxyl groups is 1. The molecule has 0 saturated carbocycles. The van der Waals surface area contributed by atoms with E-state index >= 15 is 0 Å². The molecular weight excluding hydrogens is 460 g/mol. The SMILES string of the molecule is C[C@@H](O)[C@H]1C(=O)N2C(C(=O)O)=C(S[C@@H]3CN[C@H](CNS(=O)(=O)N4CCOCC4)C3)[C@H](C)[C@H]12. The van der Waals surface area contributed by atoms with Gasteiger partial charge in [0.2, 0.25) is 5.91 Å². The first-order valence-corrected chi connectivity index (χ1v) is 13.1. The van der Waals surface area contributed by atoms with Crippen LogP contribution < -0.4 is 10.0 Å². The van der Waals surface area contributed by atoms with Gasteiger partial charge in [0.25, 0.3) is 10.2 Å². The summed E-state index contributed by atoms with van der Waals surface area (Å²) in [6.45, 7) is 5.74. The van der Waals surface area contributed by atoms with Crippen LogP contribution in [0, 0.1) is 11.8 Å². The third-order valence-electron chi connectivity index (χ3n) is 6.61. The number of morpholine rings is 1. The molecule has 4 aliphatic rings. The molecule has 3 saturated heterocycles. The quantitative estimate of drug-likeness (QED) is 0.307. The number of aliphatic hydroxyl groups excluding tert-OH is 1. The lowest BCUT2D eigenvalue weighted by atomic mass is 9.79. The van der Waals surface area contributed by atoms with Gasteiger partial charge in [0.05, 0.1) is 31.3 Å². The van der Waals surface area contributed by atoms with Crippen molar-refractivity contribution in [2.45, 2.75) is 43.7 Å². The van der Waals surface area contributed by atoms with E-state index < -0.39 is 28.2 Å². The maximum Gasteiger partial charge on any atom is 0.353 e. The molecule has 0 aromatic carbocycles. The molecule has 32 heavy (non-hydrogen) atoms. The average molecular weight is 491 g/mol. The highest BCUT2D eigenvalue weighted by molar-refractivity contribution is 8.03. The normalized spacial score (nSPS) is 34.5. The van der Waals surface area contributed by atoms with E-state index in [9.17, 15) is 28.2 Å². The van der Waals surface area contributed by atoms with E-state index in [4.69, 9.17) is 4.74 Å². The predicted molar refractivity (Wildman–Crippen MR) is 117 cm³/mol. The van der Waals surface area contributed by atoms with Gasteiger partial charge in [-0.25, -0.2) is 9.52 Å². The lowest BCUT2D eigenvalue weighted by Gasteiger charge is -2.46. The van der Waals surface area contributed by atoms with Crippen LogP contribution >= 0.6 is 11.8 Å². The summed E-state index contributed by atoms with van der Waals surface area (Å²) in [5, 5.41) is 23.1. The second-order valence-corrected chi connectivity index (χ2v) is 11.8. The Morgan fingerprint density at radius 3 is 2.69 bits per heavy atom. The standard InChI is InChI=1S/C19H30N4O7S2/c1-10-15-14(11(2)24)18(25)23(15)16(19(26)27)17(10)31-13-7-12(20-9-13)8-21-32(28,29)22-3-5-30-6-4-22/h10-15,20-21,24H,3-9H2,1-2H3,(H,26,27)/t10-,11-,12+,13+,14-,15-/m1/s1. The van der Waals surface area contributed by atoms with E-state index in [1.54, 1.807) is 6.92 Å². The maximum atomic E-state index is 12.5. The van der Waals surface area contributed by atoms with E-state index in [0.29, 0.717) is 44.2 Å². The van der Waals surface area contributed by atoms with Crippen molar-refractivity contribution in [3.8, 4) is 0 Å². The van der Waals surface area contributed by atoms with E-state index in [1.807, 2.05) is 6.92 Å². The first-order valence-electron chi connectivity index (χ1n) is 10.8. The molecule has 11 nitrogen and oxygen atoms in total. The fourth-order valence-corrected chi connectivity index (χ4v) is 7.71. The number of β-lactam (4-membered cyclic amide) rings is 1. The maximum absolute atomic E-state index is 12.5. The number of aliphatic carboxylic acids is 1. The average Bonchev–Trinajstić information content (AvgIpc) is 3.28. The number of nitrogens with one attached hydrogen (secondary N) is 2. The van der Waals surface area contributed by atoms with E-state index in [0.717, 1.165) is 0 Å². The molecule has 0 bridgehead atoms. The third-order valence-corrected chi connectivity index (χ3v) is 9.70. The molecule has 6 atom stereocenters. The first kappa shape index (κ1) is 23.9. The fraction of sp³-hybridized carbons (Fsp3) is 0.789. The zero-order valence-corrected chi connectivity index (χ0v) is 19.7. The minimum Gasteiger partial charge on any atom is -0.477 e. The summed E-state index contributed by atoms with van der Waals surface area (Å²) in [6.07, 6.45) is -0.166. The molecule has 180 valence electrons. The summed E-state index contributed by atoms with van der Waals surface area (Å²) in [4.78, 5) is 26.4. The number of ether oxygens (including phenoxy) is 1. The highest BCUT2D eigenvalue weighted by atomic mass is 32.2. The van der Waals surface area contributed by atoms with Gasteiger partial charge < -0.3 is 25.2 Å². The highest BCUT2D eigenvalue weighted by Crippen LogP contribution is 2.51. The van der Waals surface area contributed by atoms with E-state index in [1.165, 1.54) is 21.0 Å². The van der Waals surface area contributed by atoms with Gasteiger partial charge >= 0.3 is 5.97 Å². The number of carboxylic acids is 1. The van der Waals surface area contributed by atoms with Crippen LogP contribution in [0.3, 0.4) is 0 Å². The van der Waals surface area contributed by atoms with Crippen LogP contribution in [0.4, 0.5) is 0 Å². The van der Waals surface area contributed by atoms with Gasteiger partial charge in [-0.15, -0.1) is 11.8 Å². The second kappa shape index (κ2) is 9.20. The number of amides is 1. The van der Waals surface area contributed by atoms with Crippen molar-refractivity contribution in [2.75, 3.05) is 39.4 Å². The summed E-state index contributed by atoms with van der Waals surface area (Å²) < 4.78 is 34.1.